The average molecular weight is 432 g/mol. The van der Waals surface area contributed by atoms with Gasteiger partial charge in [0.05, 0.1) is 24.9 Å². The predicted octanol–water partition coefficient (Wildman–Crippen LogP) is 4.13. The van der Waals surface area contributed by atoms with Gasteiger partial charge in [0, 0.05) is 5.41 Å². The van der Waals surface area contributed by atoms with Gasteiger partial charge in [0.25, 0.3) is 5.56 Å². The molecule has 0 unspecified atom stereocenters. The Morgan fingerprint density at radius 1 is 1.12 bits per heavy atom. The van der Waals surface area contributed by atoms with Crippen molar-refractivity contribution in [1.82, 2.24) is 19.9 Å². The summed E-state index contributed by atoms with van der Waals surface area (Å²) in [6, 6.07) is 13.6. The molecule has 0 spiro atoms. The number of H-pyrrole nitrogens is 2. The summed E-state index contributed by atoms with van der Waals surface area (Å²) in [5, 5.41) is 9.16. The molecule has 164 valence electrons. The quantitative estimate of drug-likeness (QED) is 0.404. The Morgan fingerprint density at radius 2 is 1.84 bits per heavy atom. The number of hydrogen-bond acceptors (Lipinski definition) is 5. The Morgan fingerprint density at radius 3 is 2.53 bits per heavy atom. The number of aromatic nitrogens is 4. The van der Waals surface area contributed by atoms with Gasteiger partial charge in [-0.05, 0) is 35.7 Å². The van der Waals surface area contributed by atoms with Crippen molar-refractivity contribution in [2.24, 2.45) is 0 Å². The van der Waals surface area contributed by atoms with Crippen LogP contribution in [-0.2, 0) is 10.2 Å². The number of hydrogen-bond donors (Lipinski definition) is 3. The molecule has 32 heavy (non-hydrogen) atoms. The molecule has 0 saturated carbocycles. The summed E-state index contributed by atoms with van der Waals surface area (Å²) in [6.45, 7) is 6.18. The lowest BCUT2D eigenvalue weighted by atomic mass is 9.81. The fourth-order valence-corrected chi connectivity index (χ4v) is 3.74. The Bertz CT molecular complexity index is 1340. The van der Waals surface area contributed by atoms with Gasteiger partial charge < -0.3 is 19.8 Å². The molecule has 8 heteroatoms. The van der Waals surface area contributed by atoms with E-state index in [1.165, 1.54) is 6.33 Å². The molecule has 0 amide bonds. The first kappa shape index (κ1) is 21.3. The number of carboxylic acid groups (broad SMARTS) is 1. The van der Waals surface area contributed by atoms with Crippen molar-refractivity contribution in [2.45, 2.75) is 32.6 Å². The Balaban J connectivity index is 1.71. The summed E-state index contributed by atoms with van der Waals surface area (Å²) < 4.78 is 5.85. The van der Waals surface area contributed by atoms with E-state index < -0.39 is 11.4 Å². The predicted molar refractivity (Wildman–Crippen MR) is 122 cm³/mol. The molecule has 2 aromatic heterocycles. The highest BCUT2D eigenvalue weighted by molar-refractivity contribution is 5.77. The fourth-order valence-electron chi connectivity index (χ4n) is 3.74. The van der Waals surface area contributed by atoms with Crippen LogP contribution in [0.3, 0.4) is 0 Å². The van der Waals surface area contributed by atoms with Crippen LogP contribution in [0.1, 0.15) is 32.8 Å². The molecule has 0 aliphatic rings. The van der Waals surface area contributed by atoms with Gasteiger partial charge in [-0.15, -0.1) is 0 Å². The molecule has 0 fully saturated rings. The zero-order chi connectivity index (χ0) is 22.9. The van der Waals surface area contributed by atoms with Gasteiger partial charge in [-0.1, -0.05) is 44.2 Å². The van der Waals surface area contributed by atoms with Crippen LogP contribution in [0.15, 0.2) is 53.6 Å². The highest BCUT2D eigenvalue weighted by atomic mass is 16.5. The van der Waals surface area contributed by atoms with E-state index in [1.54, 1.807) is 0 Å². The van der Waals surface area contributed by atoms with Crippen LogP contribution in [0.5, 0.6) is 5.75 Å². The summed E-state index contributed by atoms with van der Waals surface area (Å²) in [5.41, 5.74) is 3.43. The maximum Gasteiger partial charge on any atom is 0.304 e. The minimum atomic E-state index is -0.823. The van der Waals surface area contributed by atoms with E-state index in [0.29, 0.717) is 34.9 Å². The van der Waals surface area contributed by atoms with E-state index in [0.717, 1.165) is 16.7 Å². The number of imidazole rings is 1. The number of aliphatic carboxylic acids is 1. The first-order valence-corrected chi connectivity index (χ1v) is 10.3. The molecular formula is C24H24N4O4. The standard InChI is InChI=1S/C24H24N4O4/c1-4-32-18-11-15(14-5-8-16(9-6-14)24(2,3)12-19(29)30)7-10-17(18)21-27-22-20(23(31)28-21)25-13-26-22/h5-11,13H,4,12H2,1-3H3,(H,29,30)(H2,25,26,27,28,31). The molecule has 4 aromatic rings. The van der Waals surface area contributed by atoms with Gasteiger partial charge in [0.15, 0.2) is 11.2 Å². The lowest BCUT2D eigenvalue weighted by Gasteiger charge is -2.23. The maximum atomic E-state index is 12.3. The molecule has 0 atom stereocenters. The molecule has 2 aromatic carbocycles. The molecule has 4 rings (SSSR count). The number of fused-ring (bicyclic) bond motifs is 1. The first-order valence-electron chi connectivity index (χ1n) is 10.3. The van der Waals surface area contributed by atoms with Crippen molar-refractivity contribution in [3.63, 3.8) is 0 Å². The van der Waals surface area contributed by atoms with Crippen LogP contribution in [0.2, 0.25) is 0 Å². The first-order chi connectivity index (χ1) is 15.3. The van der Waals surface area contributed by atoms with E-state index in [1.807, 2.05) is 63.2 Å². The zero-order valence-corrected chi connectivity index (χ0v) is 18.1. The number of nitrogens with one attached hydrogen (secondary N) is 2. The minimum absolute atomic E-state index is 0.0566. The molecule has 3 N–H and O–H groups in total. The number of benzene rings is 2. The SMILES string of the molecule is CCOc1cc(-c2ccc(C(C)(C)CC(=O)O)cc2)ccc1-c1nc2nc[nH]c2c(=O)[nH]1. The normalized spacial score (nSPS) is 11.6. The van der Waals surface area contributed by atoms with E-state index in [-0.39, 0.29) is 12.0 Å². The van der Waals surface area contributed by atoms with Crippen LogP contribution in [0.4, 0.5) is 0 Å². The fraction of sp³-hybridized carbons (Fsp3) is 0.250. The molecule has 0 saturated heterocycles. The van der Waals surface area contributed by atoms with Crippen LogP contribution >= 0.6 is 0 Å². The third-order valence-electron chi connectivity index (χ3n) is 5.43. The second kappa shape index (κ2) is 8.30. The Labute approximate surface area is 184 Å². The monoisotopic (exact) mass is 432 g/mol. The summed E-state index contributed by atoms with van der Waals surface area (Å²) >= 11 is 0. The number of carbonyl (C=O) groups is 1. The summed E-state index contributed by atoms with van der Waals surface area (Å²) in [5.74, 6) is 0.157. The third-order valence-corrected chi connectivity index (χ3v) is 5.43. The van der Waals surface area contributed by atoms with Gasteiger partial charge in [0.1, 0.15) is 11.6 Å². The van der Waals surface area contributed by atoms with Crippen LogP contribution in [0, 0.1) is 0 Å². The van der Waals surface area contributed by atoms with Gasteiger partial charge in [0.2, 0.25) is 0 Å². The minimum Gasteiger partial charge on any atom is -0.493 e. The largest absolute Gasteiger partial charge is 0.493 e. The van der Waals surface area contributed by atoms with Crippen molar-refractivity contribution in [2.75, 3.05) is 6.61 Å². The van der Waals surface area contributed by atoms with Gasteiger partial charge in [-0.3, -0.25) is 9.59 Å². The van der Waals surface area contributed by atoms with Crippen molar-refractivity contribution in [1.29, 1.82) is 0 Å². The van der Waals surface area contributed by atoms with Crippen LogP contribution < -0.4 is 10.3 Å². The van der Waals surface area contributed by atoms with Crippen molar-refractivity contribution in [3.8, 4) is 28.3 Å². The third kappa shape index (κ3) is 4.12. The number of aromatic amines is 2. The molecule has 0 aliphatic carbocycles. The lowest BCUT2D eigenvalue weighted by molar-refractivity contribution is -0.138. The number of carboxylic acids is 1. The van der Waals surface area contributed by atoms with Crippen molar-refractivity contribution < 1.29 is 14.6 Å². The van der Waals surface area contributed by atoms with E-state index in [9.17, 15) is 9.59 Å². The van der Waals surface area contributed by atoms with Gasteiger partial charge >= 0.3 is 5.97 Å². The topological polar surface area (TPSA) is 121 Å². The highest BCUT2D eigenvalue weighted by Gasteiger charge is 2.24. The summed E-state index contributed by atoms with van der Waals surface area (Å²) in [7, 11) is 0. The second-order valence-electron chi connectivity index (χ2n) is 8.19. The summed E-state index contributed by atoms with van der Waals surface area (Å²) in [4.78, 5) is 37.6. The van der Waals surface area contributed by atoms with E-state index >= 15 is 0 Å². The molecule has 0 bridgehead atoms. The van der Waals surface area contributed by atoms with Crippen molar-refractivity contribution in [3.05, 3.63) is 64.7 Å². The molecular weight excluding hydrogens is 408 g/mol. The lowest BCUT2D eigenvalue weighted by Crippen LogP contribution is -2.21. The van der Waals surface area contributed by atoms with Crippen molar-refractivity contribution >= 4 is 17.1 Å². The highest BCUT2D eigenvalue weighted by Crippen LogP contribution is 2.34. The zero-order valence-electron chi connectivity index (χ0n) is 18.1. The number of rotatable bonds is 7. The average Bonchev–Trinajstić information content (AvgIpc) is 3.22. The second-order valence-corrected chi connectivity index (χ2v) is 8.19. The van der Waals surface area contributed by atoms with E-state index in [2.05, 4.69) is 19.9 Å². The van der Waals surface area contributed by atoms with Gasteiger partial charge in [-0.25, -0.2) is 9.97 Å². The smallest absolute Gasteiger partial charge is 0.304 e. The number of ether oxygens (including phenoxy) is 1. The number of nitrogens with zero attached hydrogens (tertiary/aromatic N) is 2. The van der Waals surface area contributed by atoms with Crippen LogP contribution in [0.25, 0.3) is 33.7 Å². The molecule has 0 aliphatic heterocycles. The Hall–Kier alpha value is -3.94. The maximum absolute atomic E-state index is 12.3. The Kier molecular flexibility index (Phi) is 5.52. The molecule has 2 heterocycles. The van der Waals surface area contributed by atoms with Gasteiger partial charge in [-0.2, -0.15) is 0 Å². The van der Waals surface area contributed by atoms with E-state index in [4.69, 9.17) is 9.84 Å². The molecule has 8 nitrogen and oxygen atoms in total. The summed E-state index contributed by atoms with van der Waals surface area (Å²) in [6.07, 6.45) is 1.49. The molecule has 0 radical (unpaired) electrons. The van der Waals surface area contributed by atoms with Crippen LogP contribution in [-0.4, -0.2) is 37.6 Å².